The average molecular weight is 890 g/mol. The summed E-state index contributed by atoms with van der Waals surface area (Å²) in [7, 11) is -1.79. The average Bonchev–Trinajstić information content (AvgIpc) is 3.70. The summed E-state index contributed by atoms with van der Waals surface area (Å²) < 4.78 is 0. The Balaban J connectivity index is 1.16. The van der Waals surface area contributed by atoms with E-state index in [1.54, 1.807) is 10.8 Å². The molecule has 6 aliphatic rings. The van der Waals surface area contributed by atoms with Gasteiger partial charge in [-0.25, -0.2) is 0 Å². The van der Waals surface area contributed by atoms with E-state index in [4.69, 9.17) is 0 Å². The third kappa shape index (κ3) is 5.41. The Morgan fingerprint density at radius 1 is 0.493 bits per heavy atom. The second kappa shape index (κ2) is 14.1. The van der Waals surface area contributed by atoms with Gasteiger partial charge in [0.15, 0.2) is 0 Å². The summed E-state index contributed by atoms with van der Waals surface area (Å²) in [5.74, 6) is 0. The van der Waals surface area contributed by atoms with Crippen molar-refractivity contribution in [3.8, 4) is 11.1 Å². The number of hydrogen-bond acceptors (Lipinski definition) is 3. The van der Waals surface area contributed by atoms with Crippen molar-refractivity contribution < 1.29 is 0 Å². The monoisotopic (exact) mass is 889 g/mol. The number of rotatable bonds is 5. The van der Waals surface area contributed by atoms with Gasteiger partial charge in [0, 0.05) is 50.6 Å². The summed E-state index contributed by atoms with van der Waals surface area (Å²) in [5.41, 5.74) is 23.2. The lowest BCUT2D eigenvalue weighted by molar-refractivity contribution is 0.195. The van der Waals surface area contributed by atoms with Crippen molar-refractivity contribution in [2.24, 2.45) is 0 Å². The maximum Gasteiger partial charge on any atom is 0.252 e. The lowest BCUT2D eigenvalue weighted by Crippen LogP contribution is -2.65. The topological polar surface area (TPSA) is 9.72 Å². The third-order valence-corrected chi connectivity index (χ3v) is 20.6. The van der Waals surface area contributed by atoms with E-state index >= 15 is 0 Å². The van der Waals surface area contributed by atoms with Crippen LogP contribution in [-0.4, -0.2) is 25.9 Å². The van der Waals surface area contributed by atoms with Crippen LogP contribution >= 0.6 is 0 Å². The van der Waals surface area contributed by atoms with E-state index < -0.39 is 8.07 Å². The Morgan fingerprint density at radius 2 is 1.15 bits per heavy atom. The van der Waals surface area contributed by atoms with Crippen LogP contribution in [0.2, 0.25) is 19.6 Å². The standard InChI is InChI=1S/C62H64BN3Si/c1-41-23-27-46(28-24-41)64-54-29-25-42(2)35-51(54)63-52-40-48(67(6,7)8)39-50-58(52)66(61(5)33-17-18-34-62(50,61)45-21-13-10-14-22-45)56-38-47(37-55(64)57(56)63)65-53-30-26-44(43-19-11-9-12-20-43)36-49(53)59(3)31-15-16-32-60(59,65)4/h9-14,19-30,35-40H,15-18,31-34H2,1-8H3. The molecule has 4 unspecified atom stereocenters. The highest BCUT2D eigenvalue weighted by Crippen LogP contribution is 2.66. The molecular weight excluding hydrogens is 826 g/mol. The van der Waals surface area contributed by atoms with E-state index in [9.17, 15) is 0 Å². The lowest BCUT2D eigenvalue weighted by atomic mass is 9.33. The molecule has 334 valence electrons. The summed E-state index contributed by atoms with van der Waals surface area (Å²) in [5, 5.41) is 1.58. The van der Waals surface area contributed by atoms with Crippen molar-refractivity contribution in [1.82, 2.24) is 0 Å². The molecule has 0 radical (unpaired) electrons. The van der Waals surface area contributed by atoms with Crippen LogP contribution in [0, 0.1) is 13.8 Å². The summed E-state index contributed by atoms with van der Waals surface area (Å²) in [6.45, 7) is 20.2. The molecular formula is C62H64BN3Si. The van der Waals surface area contributed by atoms with Crippen molar-refractivity contribution in [1.29, 1.82) is 0 Å². The molecule has 0 saturated heterocycles. The minimum atomic E-state index is -1.79. The maximum atomic E-state index is 2.97. The molecule has 7 aromatic carbocycles. The number of benzene rings is 7. The Kier molecular flexibility index (Phi) is 8.74. The summed E-state index contributed by atoms with van der Waals surface area (Å²) in [6.07, 6.45) is 9.61. The normalized spacial score (nSPS) is 25.3. The van der Waals surface area contributed by atoms with E-state index in [1.165, 1.54) is 122 Å². The van der Waals surface area contributed by atoms with Gasteiger partial charge >= 0.3 is 0 Å². The second-order valence-corrected chi connectivity index (χ2v) is 28.2. The fraction of sp³-hybridized carbons (Fsp3) is 0.323. The van der Waals surface area contributed by atoms with Crippen LogP contribution < -0.4 is 36.3 Å². The quantitative estimate of drug-likeness (QED) is 0.159. The number of nitrogens with zero attached hydrogens (tertiary/aromatic N) is 3. The van der Waals surface area contributed by atoms with Crippen molar-refractivity contribution in [3.05, 3.63) is 173 Å². The molecule has 2 fully saturated rings. The minimum Gasteiger partial charge on any atom is -0.335 e. The van der Waals surface area contributed by atoms with Gasteiger partial charge in [0.05, 0.1) is 19.2 Å². The highest BCUT2D eigenvalue weighted by atomic mass is 28.3. The highest BCUT2D eigenvalue weighted by molar-refractivity contribution is 7.01. The fourth-order valence-corrected chi connectivity index (χ4v) is 16.1. The zero-order valence-corrected chi connectivity index (χ0v) is 41.9. The highest BCUT2D eigenvalue weighted by Gasteiger charge is 2.65. The molecule has 4 aliphatic heterocycles. The van der Waals surface area contributed by atoms with Gasteiger partial charge in [-0.2, -0.15) is 0 Å². The number of fused-ring (bicyclic) bond motifs is 10. The molecule has 4 atom stereocenters. The van der Waals surface area contributed by atoms with E-state index in [0.717, 1.165) is 19.3 Å². The molecule has 67 heavy (non-hydrogen) atoms. The molecule has 0 spiro atoms. The molecule has 2 saturated carbocycles. The van der Waals surface area contributed by atoms with Gasteiger partial charge < -0.3 is 14.7 Å². The van der Waals surface area contributed by atoms with Crippen molar-refractivity contribution in [2.75, 3.05) is 14.7 Å². The summed E-state index contributed by atoms with van der Waals surface area (Å²) in [6, 6.07) is 57.8. The fourth-order valence-electron chi connectivity index (χ4n) is 15.0. The third-order valence-electron chi connectivity index (χ3n) is 18.5. The smallest absolute Gasteiger partial charge is 0.252 e. The minimum absolute atomic E-state index is 0.0136. The van der Waals surface area contributed by atoms with Gasteiger partial charge in [-0.15, -0.1) is 0 Å². The van der Waals surface area contributed by atoms with E-state index in [-0.39, 0.29) is 28.6 Å². The van der Waals surface area contributed by atoms with Crippen molar-refractivity contribution in [2.45, 2.75) is 128 Å². The first kappa shape index (κ1) is 41.4. The molecule has 0 bridgehead atoms. The molecule has 0 N–H and O–H groups in total. The molecule has 0 amide bonds. The molecule has 4 heterocycles. The molecule has 2 aliphatic carbocycles. The van der Waals surface area contributed by atoms with Crippen LogP contribution in [0.3, 0.4) is 0 Å². The Morgan fingerprint density at radius 3 is 1.90 bits per heavy atom. The Bertz CT molecular complexity index is 3180. The van der Waals surface area contributed by atoms with Crippen molar-refractivity contribution >= 4 is 76.2 Å². The van der Waals surface area contributed by atoms with Crippen molar-refractivity contribution in [3.63, 3.8) is 0 Å². The first-order valence-corrected chi connectivity index (χ1v) is 29.0. The van der Waals surface area contributed by atoms with E-state index in [1.807, 2.05) is 0 Å². The molecule has 13 rings (SSSR count). The van der Waals surface area contributed by atoms with Crippen LogP contribution in [0.4, 0.5) is 39.8 Å². The zero-order chi connectivity index (χ0) is 45.8. The first-order chi connectivity index (χ1) is 32.3. The summed E-state index contributed by atoms with van der Waals surface area (Å²) in [4.78, 5) is 8.49. The number of hydrogen-bond donors (Lipinski definition) is 0. The van der Waals surface area contributed by atoms with Gasteiger partial charge in [0.25, 0.3) is 6.71 Å². The van der Waals surface area contributed by atoms with Gasteiger partial charge in [-0.1, -0.05) is 172 Å². The first-order valence-electron chi connectivity index (χ1n) is 25.5. The predicted molar refractivity (Wildman–Crippen MR) is 289 cm³/mol. The van der Waals surface area contributed by atoms with E-state index in [2.05, 4.69) is 215 Å². The number of anilines is 7. The van der Waals surface area contributed by atoms with Crippen LogP contribution in [0.1, 0.15) is 100.0 Å². The second-order valence-electron chi connectivity index (χ2n) is 23.1. The largest absolute Gasteiger partial charge is 0.335 e. The SMILES string of the molecule is Cc1ccc(N2c3ccc(C)cc3B3c4cc([Si](C)(C)C)cc5c4N(c4cc(N6c7ccc(-c8ccccc8)cc7C7(C)CCCCC67C)cc2c43)C2(C)CCCCC52c2ccccc2)cc1. The predicted octanol–water partition coefficient (Wildman–Crippen LogP) is 13.6. The maximum absolute atomic E-state index is 2.97. The molecule has 7 aromatic rings. The van der Waals surface area contributed by atoms with E-state index in [0.29, 0.717) is 0 Å². The van der Waals surface area contributed by atoms with Gasteiger partial charge in [-0.05, 0) is 140 Å². The number of aryl methyl sites for hydroxylation is 2. The van der Waals surface area contributed by atoms with Gasteiger partial charge in [0.2, 0.25) is 0 Å². The molecule has 0 aromatic heterocycles. The zero-order valence-electron chi connectivity index (χ0n) is 40.9. The van der Waals surface area contributed by atoms with Crippen LogP contribution in [0.25, 0.3) is 11.1 Å². The molecule has 3 nitrogen and oxygen atoms in total. The van der Waals surface area contributed by atoms with Gasteiger partial charge in [-0.3, -0.25) is 0 Å². The van der Waals surface area contributed by atoms with Gasteiger partial charge in [0.1, 0.15) is 0 Å². The van der Waals surface area contributed by atoms with Crippen LogP contribution in [0.5, 0.6) is 0 Å². The van der Waals surface area contributed by atoms with Crippen LogP contribution in [0.15, 0.2) is 146 Å². The van der Waals surface area contributed by atoms with Crippen LogP contribution in [-0.2, 0) is 10.8 Å². The Labute approximate surface area is 401 Å². The Hall–Kier alpha value is -5.78. The molecule has 5 heteroatoms. The summed E-state index contributed by atoms with van der Waals surface area (Å²) >= 11 is 0. The lowest BCUT2D eigenvalue weighted by Gasteiger charge is -2.54.